The zero-order chi connectivity index (χ0) is 28.6. The minimum Gasteiger partial charge on any atom is -0.494 e. The number of aromatic nitrogens is 3. The van der Waals surface area contributed by atoms with Gasteiger partial charge in [-0.25, -0.2) is 8.78 Å². The summed E-state index contributed by atoms with van der Waals surface area (Å²) in [6.45, 7) is 0.231. The number of ether oxygens (including phenoxy) is 2. The highest BCUT2D eigenvalue weighted by molar-refractivity contribution is 6.30. The van der Waals surface area contributed by atoms with Gasteiger partial charge >= 0.3 is 0 Å². The van der Waals surface area contributed by atoms with Crippen molar-refractivity contribution in [2.24, 2.45) is 0 Å². The first-order valence-electron chi connectivity index (χ1n) is 12.2. The van der Waals surface area contributed by atoms with Crippen molar-refractivity contribution >= 4 is 17.5 Å². The van der Waals surface area contributed by atoms with Crippen LogP contribution in [0.4, 0.5) is 8.78 Å². The Balaban J connectivity index is 1.65. The summed E-state index contributed by atoms with van der Waals surface area (Å²) in [6.07, 6.45) is 3.17. The Hall–Kier alpha value is -4.51. The summed E-state index contributed by atoms with van der Waals surface area (Å²) in [4.78, 5) is 36.5. The fourth-order valence-electron chi connectivity index (χ4n) is 4.88. The van der Waals surface area contributed by atoms with E-state index in [2.05, 4.69) is 9.97 Å². The number of rotatable bonds is 6. The van der Waals surface area contributed by atoms with Gasteiger partial charge in [0.05, 0.1) is 19.2 Å². The maximum atomic E-state index is 14.4. The molecule has 2 aromatic heterocycles. The van der Waals surface area contributed by atoms with Gasteiger partial charge in [-0.1, -0.05) is 23.7 Å². The topological polar surface area (TPSA) is 107 Å². The first-order chi connectivity index (χ1) is 19.2. The summed E-state index contributed by atoms with van der Waals surface area (Å²) in [5, 5.41) is 11.8. The summed E-state index contributed by atoms with van der Waals surface area (Å²) < 4.78 is 40.0. The highest BCUT2D eigenvalue weighted by atomic mass is 35.5. The van der Waals surface area contributed by atoms with Gasteiger partial charge in [0, 0.05) is 43.0 Å². The molecule has 0 spiro atoms. The number of pyridine rings is 1. The van der Waals surface area contributed by atoms with Crippen LogP contribution in [0.25, 0.3) is 17.1 Å². The summed E-state index contributed by atoms with van der Waals surface area (Å²) in [5.74, 6) is -2.90. The van der Waals surface area contributed by atoms with Crippen molar-refractivity contribution < 1.29 is 28.2 Å². The molecule has 40 heavy (non-hydrogen) atoms. The summed E-state index contributed by atoms with van der Waals surface area (Å²) in [6, 6.07) is 9.67. The number of carbonyl (C=O) groups is 1. The SMILES string of the molecule is COc1cccc(OC)c1-n1c(-c2cncc(Cl)c2)nc(=O)c(C(=O)N2CCC(c3ccc(F)cc3F)C2)c1O. The van der Waals surface area contributed by atoms with Gasteiger partial charge < -0.3 is 19.5 Å². The predicted molar refractivity (Wildman–Crippen MR) is 142 cm³/mol. The van der Waals surface area contributed by atoms with Crippen LogP contribution in [0.3, 0.4) is 0 Å². The Morgan fingerprint density at radius 2 is 1.82 bits per heavy atom. The molecular weight excluding hydrogens is 546 g/mol. The normalized spacial score (nSPS) is 14.8. The number of nitrogens with zero attached hydrogens (tertiary/aromatic N) is 4. The number of carbonyl (C=O) groups excluding carboxylic acids is 1. The number of amides is 1. The molecule has 9 nitrogen and oxygen atoms in total. The Labute approximate surface area is 232 Å². The lowest BCUT2D eigenvalue weighted by atomic mass is 9.98. The molecule has 3 heterocycles. The molecule has 4 aromatic rings. The second-order valence-corrected chi connectivity index (χ2v) is 9.52. The number of para-hydroxylation sites is 1. The Morgan fingerprint density at radius 3 is 2.48 bits per heavy atom. The van der Waals surface area contributed by atoms with E-state index in [4.69, 9.17) is 21.1 Å². The molecule has 0 radical (unpaired) electrons. The average molecular weight is 569 g/mol. The van der Waals surface area contributed by atoms with Crippen molar-refractivity contribution in [1.29, 1.82) is 0 Å². The van der Waals surface area contributed by atoms with E-state index in [1.165, 1.54) is 48.2 Å². The van der Waals surface area contributed by atoms with Crippen LogP contribution in [0.15, 0.2) is 59.7 Å². The van der Waals surface area contributed by atoms with Crippen molar-refractivity contribution in [1.82, 2.24) is 19.4 Å². The van der Waals surface area contributed by atoms with Gasteiger partial charge in [-0.3, -0.25) is 19.1 Å². The van der Waals surface area contributed by atoms with Gasteiger partial charge in [0.25, 0.3) is 11.5 Å². The molecule has 0 aliphatic carbocycles. The number of benzene rings is 2. The maximum absolute atomic E-state index is 14.4. The second kappa shape index (κ2) is 10.9. The van der Waals surface area contributed by atoms with Crippen LogP contribution in [0.1, 0.15) is 28.3 Å². The lowest BCUT2D eigenvalue weighted by Gasteiger charge is -2.22. The van der Waals surface area contributed by atoms with Crippen LogP contribution in [0.5, 0.6) is 17.4 Å². The molecule has 1 fully saturated rings. The van der Waals surface area contributed by atoms with Gasteiger partial charge in [0.1, 0.15) is 28.8 Å². The van der Waals surface area contributed by atoms with E-state index in [1.54, 1.807) is 18.2 Å². The zero-order valence-electron chi connectivity index (χ0n) is 21.4. The smallest absolute Gasteiger partial charge is 0.290 e. The van der Waals surface area contributed by atoms with Crippen LogP contribution in [-0.2, 0) is 0 Å². The molecular formula is C28H23ClF2N4O5. The quantitative estimate of drug-likeness (QED) is 0.363. The molecule has 1 aliphatic rings. The Kier molecular flexibility index (Phi) is 7.40. The largest absolute Gasteiger partial charge is 0.494 e. The molecule has 1 N–H and O–H groups in total. The third-order valence-electron chi connectivity index (χ3n) is 6.75. The van der Waals surface area contributed by atoms with Gasteiger partial charge in [-0.2, -0.15) is 4.98 Å². The number of methoxy groups -OCH3 is 2. The van der Waals surface area contributed by atoms with Crippen LogP contribution in [-0.4, -0.2) is 57.8 Å². The maximum Gasteiger partial charge on any atom is 0.290 e. The Morgan fingerprint density at radius 1 is 1.10 bits per heavy atom. The third-order valence-corrected chi connectivity index (χ3v) is 6.96. The van der Waals surface area contributed by atoms with Gasteiger partial charge in [0.2, 0.25) is 5.88 Å². The molecule has 12 heteroatoms. The molecule has 1 amide bonds. The van der Waals surface area contributed by atoms with Crippen LogP contribution in [0.2, 0.25) is 5.02 Å². The van der Waals surface area contributed by atoms with E-state index in [1.807, 2.05) is 0 Å². The minimum absolute atomic E-state index is 0.0538. The minimum atomic E-state index is -0.987. The van der Waals surface area contributed by atoms with Gasteiger partial charge in [-0.15, -0.1) is 0 Å². The summed E-state index contributed by atoms with van der Waals surface area (Å²) >= 11 is 6.14. The number of likely N-dealkylation sites (tertiary alicyclic amines) is 1. The predicted octanol–water partition coefficient (Wildman–Crippen LogP) is 4.58. The third kappa shape index (κ3) is 4.84. The lowest BCUT2D eigenvalue weighted by Crippen LogP contribution is -2.34. The van der Waals surface area contributed by atoms with Crippen molar-refractivity contribution in [3.63, 3.8) is 0 Å². The second-order valence-electron chi connectivity index (χ2n) is 9.08. The fourth-order valence-corrected chi connectivity index (χ4v) is 5.05. The number of hydrogen-bond donors (Lipinski definition) is 1. The van der Waals surface area contributed by atoms with Crippen molar-refractivity contribution in [3.05, 3.63) is 93.0 Å². The summed E-state index contributed by atoms with van der Waals surface area (Å²) in [7, 11) is 2.83. The number of hydrogen-bond acceptors (Lipinski definition) is 7. The van der Waals surface area contributed by atoms with Crippen LogP contribution < -0.4 is 15.0 Å². The van der Waals surface area contributed by atoms with E-state index in [-0.39, 0.29) is 52.2 Å². The van der Waals surface area contributed by atoms with E-state index in [0.29, 0.717) is 6.42 Å². The van der Waals surface area contributed by atoms with Crippen molar-refractivity contribution in [3.8, 4) is 34.5 Å². The molecule has 0 saturated carbocycles. The van der Waals surface area contributed by atoms with Crippen LogP contribution >= 0.6 is 11.6 Å². The zero-order valence-corrected chi connectivity index (χ0v) is 22.2. The first-order valence-corrected chi connectivity index (χ1v) is 12.5. The molecule has 2 aromatic carbocycles. The molecule has 1 saturated heterocycles. The van der Waals surface area contributed by atoms with E-state index in [9.17, 15) is 23.5 Å². The van der Waals surface area contributed by atoms with E-state index in [0.717, 1.165) is 12.1 Å². The van der Waals surface area contributed by atoms with E-state index >= 15 is 0 Å². The molecule has 1 aliphatic heterocycles. The molecule has 1 atom stereocenters. The highest BCUT2D eigenvalue weighted by Gasteiger charge is 2.34. The molecule has 206 valence electrons. The van der Waals surface area contributed by atoms with E-state index < -0.39 is 40.5 Å². The van der Waals surface area contributed by atoms with Crippen molar-refractivity contribution in [2.75, 3.05) is 27.3 Å². The molecule has 5 rings (SSSR count). The van der Waals surface area contributed by atoms with Gasteiger partial charge in [-0.05, 0) is 36.2 Å². The van der Waals surface area contributed by atoms with Gasteiger partial charge in [0.15, 0.2) is 11.4 Å². The lowest BCUT2D eigenvalue weighted by molar-refractivity contribution is 0.0784. The summed E-state index contributed by atoms with van der Waals surface area (Å²) in [5.41, 5.74) is -0.862. The standard InChI is InChI=1S/C28H23ClF2N4O5/c1-39-21-4-3-5-22(40-2)24(21)35-25(16-10-17(29)13-32-12-16)33-26(36)23(28(35)38)27(37)34-9-8-15(14-34)19-7-6-18(30)11-20(19)31/h3-7,10-13,15,38H,8-9,14H2,1-2H3. The number of halogens is 3. The number of aromatic hydroxyl groups is 1. The highest BCUT2D eigenvalue weighted by Crippen LogP contribution is 2.39. The van der Waals surface area contributed by atoms with Crippen molar-refractivity contribution in [2.45, 2.75) is 12.3 Å². The fraction of sp³-hybridized carbons (Fsp3) is 0.214. The Bertz CT molecular complexity index is 1660. The molecule has 1 unspecified atom stereocenters. The molecule has 0 bridgehead atoms. The monoisotopic (exact) mass is 568 g/mol. The average Bonchev–Trinajstić information content (AvgIpc) is 3.42. The van der Waals surface area contributed by atoms with Crippen LogP contribution in [0, 0.1) is 11.6 Å². The first kappa shape index (κ1) is 27.1.